The van der Waals surface area contributed by atoms with Gasteiger partial charge in [-0.05, 0) is 30.5 Å². The van der Waals surface area contributed by atoms with Crippen molar-refractivity contribution in [2.75, 3.05) is 5.75 Å². The molecule has 4 nitrogen and oxygen atoms in total. The summed E-state index contributed by atoms with van der Waals surface area (Å²) < 4.78 is 0. The molecule has 0 saturated carbocycles. The average molecular weight is 279 g/mol. The molecule has 0 aromatic heterocycles. The van der Waals surface area contributed by atoms with Crippen LogP contribution in [0.4, 0.5) is 0 Å². The van der Waals surface area contributed by atoms with Crippen LogP contribution in [-0.2, 0) is 6.42 Å². The van der Waals surface area contributed by atoms with Gasteiger partial charge in [-0.25, -0.2) is 0 Å². The van der Waals surface area contributed by atoms with Crippen LogP contribution in [-0.4, -0.2) is 44.6 Å². The van der Waals surface area contributed by atoms with Gasteiger partial charge in [0, 0.05) is 11.0 Å². The van der Waals surface area contributed by atoms with Gasteiger partial charge in [0.15, 0.2) is 0 Å². The Morgan fingerprint density at radius 3 is 2.47 bits per heavy atom. The molecule has 1 heterocycles. The molecule has 1 fully saturated rings. The lowest BCUT2D eigenvalue weighted by Gasteiger charge is -2.34. The zero-order valence-electron chi connectivity index (χ0n) is 10.4. The van der Waals surface area contributed by atoms with Gasteiger partial charge >= 0.3 is 0 Å². The molecule has 1 aliphatic heterocycles. The van der Waals surface area contributed by atoms with Crippen LogP contribution in [0.25, 0.3) is 0 Å². The van der Waals surface area contributed by atoms with Gasteiger partial charge in [0.1, 0.15) is 6.10 Å². The summed E-state index contributed by atoms with van der Waals surface area (Å²) in [6.07, 6.45) is -1.25. The number of aryl methyl sites for hydroxylation is 1. The Balaban J connectivity index is 1.89. The fourth-order valence-electron chi connectivity index (χ4n) is 2.18. The number of nitrogens with zero attached hydrogens (tertiary/aromatic N) is 1. The first-order valence-electron chi connectivity index (χ1n) is 6.26. The van der Waals surface area contributed by atoms with Crippen LogP contribution in [0.1, 0.15) is 17.5 Å². The zero-order chi connectivity index (χ0) is 13.8. The second kappa shape index (κ2) is 6.40. The van der Waals surface area contributed by atoms with Crippen LogP contribution >= 0.6 is 11.8 Å². The summed E-state index contributed by atoms with van der Waals surface area (Å²) in [5.74, 6) is 0.455. The molecule has 0 amide bonds. The van der Waals surface area contributed by atoms with Crippen LogP contribution < -0.4 is 0 Å². The van der Waals surface area contributed by atoms with Crippen molar-refractivity contribution in [2.45, 2.75) is 36.4 Å². The van der Waals surface area contributed by atoms with E-state index in [4.69, 9.17) is 5.26 Å². The molecule has 0 aliphatic carbocycles. The lowest BCUT2D eigenvalue weighted by atomic mass is 9.99. The highest BCUT2D eigenvalue weighted by molar-refractivity contribution is 8.00. The first kappa shape index (κ1) is 14.4. The molecule has 2 rings (SSSR count). The minimum absolute atomic E-state index is 0.0611. The molecule has 1 saturated heterocycles. The lowest BCUT2D eigenvalue weighted by molar-refractivity contribution is -0.0557. The summed E-state index contributed by atoms with van der Waals surface area (Å²) >= 11 is 1.50. The minimum atomic E-state index is -1.05. The Labute approximate surface area is 116 Å². The van der Waals surface area contributed by atoms with E-state index >= 15 is 0 Å². The number of rotatable bonds is 3. The maximum Gasteiger partial charge on any atom is 0.108 e. The van der Waals surface area contributed by atoms with Crippen molar-refractivity contribution in [3.63, 3.8) is 0 Å². The zero-order valence-corrected chi connectivity index (χ0v) is 11.3. The van der Waals surface area contributed by atoms with E-state index in [-0.39, 0.29) is 5.25 Å². The highest BCUT2D eigenvalue weighted by Gasteiger charge is 2.36. The average Bonchev–Trinajstić information content (AvgIpc) is 2.45. The molecule has 1 aliphatic rings. The van der Waals surface area contributed by atoms with Gasteiger partial charge in [-0.3, -0.25) is 0 Å². The van der Waals surface area contributed by atoms with Gasteiger partial charge in [-0.1, -0.05) is 12.1 Å². The maximum atomic E-state index is 9.89. The van der Waals surface area contributed by atoms with Gasteiger partial charge in [-0.2, -0.15) is 17.0 Å². The van der Waals surface area contributed by atoms with Crippen LogP contribution in [0, 0.1) is 11.3 Å². The summed E-state index contributed by atoms with van der Waals surface area (Å²) in [6, 6.07) is 9.44. The highest BCUT2D eigenvalue weighted by atomic mass is 32.2. The van der Waals surface area contributed by atoms with Crippen molar-refractivity contribution in [1.29, 1.82) is 5.26 Å². The van der Waals surface area contributed by atoms with E-state index in [1.165, 1.54) is 11.8 Å². The number of thioether (sulfide) groups is 1. The maximum absolute atomic E-state index is 9.89. The number of hydrogen-bond donors (Lipinski definition) is 3. The van der Waals surface area contributed by atoms with Gasteiger partial charge in [-0.15, -0.1) is 0 Å². The van der Waals surface area contributed by atoms with Gasteiger partial charge in [0.25, 0.3) is 0 Å². The van der Waals surface area contributed by atoms with Crippen molar-refractivity contribution >= 4 is 11.8 Å². The van der Waals surface area contributed by atoms with Crippen LogP contribution in [0.2, 0.25) is 0 Å². The second-order valence-electron chi connectivity index (χ2n) is 4.77. The lowest BCUT2D eigenvalue weighted by Crippen LogP contribution is -2.48. The third-order valence-corrected chi connectivity index (χ3v) is 4.88. The highest BCUT2D eigenvalue weighted by Crippen LogP contribution is 2.29. The molecule has 3 N–H and O–H groups in total. The topological polar surface area (TPSA) is 84.5 Å². The Morgan fingerprint density at radius 1 is 1.16 bits per heavy atom. The van der Waals surface area contributed by atoms with E-state index < -0.39 is 18.3 Å². The molecular weight excluding hydrogens is 262 g/mol. The third-order valence-electron chi connectivity index (χ3n) is 3.41. The molecule has 0 spiro atoms. The second-order valence-corrected chi connectivity index (χ2v) is 6.04. The summed E-state index contributed by atoms with van der Waals surface area (Å²) in [5, 5.41) is 37.6. The van der Waals surface area contributed by atoms with E-state index in [0.717, 1.165) is 18.4 Å². The van der Waals surface area contributed by atoms with E-state index in [1.807, 2.05) is 12.1 Å². The number of hydrogen-bond acceptors (Lipinski definition) is 5. The molecule has 0 unspecified atom stereocenters. The summed E-state index contributed by atoms with van der Waals surface area (Å²) in [4.78, 5) is 0. The smallest absolute Gasteiger partial charge is 0.108 e. The largest absolute Gasteiger partial charge is 0.389 e. The van der Waals surface area contributed by atoms with Crippen molar-refractivity contribution < 1.29 is 15.3 Å². The molecular formula is C14H17NO3S. The molecule has 5 heteroatoms. The SMILES string of the molecule is N#Cc1ccc(CC[C@@H]2SC[C@@H](O)[C@H](O)[C@H]2O)cc1. The van der Waals surface area contributed by atoms with Gasteiger partial charge in [0.2, 0.25) is 0 Å². The summed E-state index contributed by atoms with van der Waals surface area (Å²) in [7, 11) is 0. The first-order chi connectivity index (χ1) is 9.11. The molecule has 0 radical (unpaired) electrons. The molecule has 4 atom stereocenters. The first-order valence-corrected chi connectivity index (χ1v) is 7.31. The fourth-order valence-corrected chi connectivity index (χ4v) is 3.46. The van der Waals surface area contributed by atoms with Crippen molar-refractivity contribution in [2.24, 2.45) is 0 Å². The monoisotopic (exact) mass is 279 g/mol. The number of aliphatic hydroxyl groups excluding tert-OH is 3. The van der Waals surface area contributed by atoms with E-state index in [9.17, 15) is 15.3 Å². The van der Waals surface area contributed by atoms with Gasteiger partial charge < -0.3 is 15.3 Å². The molecule has 1 aromatic carbocycles. The van der Waals surface area contributed by atoms with Crippen LogP contribution in [0.3, 0.4) is 0 Å². The summed E-state index contributed by atoms with van der Waals surface area (Å²) in [5.41, 5.74) is 1.74. The molecule has 102 valence electrons. The van der Waals surface area contributed by atoms with Crippen LogP contribution in [0.15, 0.2) is 24.3 Å². The van der Waals surface area contributed by atoms with E-state index in [2.05, 4.69) is 6.07 Å². The molecule has 19 heavy (non-hydrogen) atoms. The number of nitriles is 1. The predicted octanol–water partition coefficient (Wildman–Crippen LogP) is 0.689. The fraction of sp³-hybridized carbons (Fsp3) is 0.500. The Morgan fingerprint density at radius 2 is 1.84 bits per heavy atom. The minimum Gasteiger partial charge on any atom is -0.389 e. The Hall–Kier alpha value is -1.06. The normalized spacial score (nSPS) is 30.8. The van der Waals surface area contributed by atoms with E-state index in [0.29, 0.717) is 11.3 Å². The molecule has 0 bridgehead atoms. The van der Waals surface area contributed by atoms with Gasteiger partial charge in [0.05, 0.1) is 23.8 Å². The number of benzene rings is 1. The predicted molar refractivity (Wildman–Crippen MR) is 73.7 cm³/mol. The summed E-state index contributed by atoms with van der Waals surface area (Å²) in [6.45, 7) is 0. The van der Waals surface area contributed by atoms with Crippen molar-refractivity contribution in [1.82, 2.24) is 0 Å². The molecule has 1 aromatic rings. The van der Waals surface area contributed by atoms with Crippen LogP contribution in [0.5, 0.6) is 0 Å². The Bertz CT molecular complexity index is 457. The van der Waals surface area contributed by atoms with Crippen molar-refractivity contribution in [3.05, 3.63) is 35.4 Å². The third kappa shape index (κ3) is 3.48. The Kier molecular flexibility index (Phi) is 4.83. The van der Waals surface area contributed by atoms with Crippen molar-refractivity contribution in [3.8, 4) is 6.07 Å². The standard InChI is InChI=1S/C14H17NO3S/c15-7-10-3-1-9(2-4-10)5-6-12-14(18)13(17)11(16)8-19-12/h1-4,11-14,16-18H,5-6,8H2/t11-,12+,13+,14+/m1/s1. The van der Waals surface area contributed by atoms with E-state index in [1.54, 1.807) is 12.1 Å². The number of aliphatic hydroxyl groups is 3. The quantitative estimate of drug-likeness (QED) is 0.758.